The van der Waals surface area contributed by atoms with Gasteiger partial charge in [-0.1, -0.05) is 33.6 Å². The van der Waals surface area contributed by atoms with Crippen molar-refractivity contribution in [2.75, 3.05) is 6.61 Å². The van der Waals surface area contributed by atoms with Gasteiger partial charge in [0.25, 0.3) is 0 Å². The zero-order valence-electron chi connectivity index (χ0n) is 9.14. The fourth-order valence-electron chi connectivity index (χ4n) is 1.21. The number of hydrogen-bond acceptors (Lipinski definition) is 2. The van der Waals surface area contributed by atoms with Crippen LogP contribution in [0.3, 0.4) is 0 Å². The van der Waals surface area contributed by atoms with Crippen LogP contribution in [0.1, 0.15) is 52.9 Å². The number of rotatable bonds is 8. The number of ketones is 1. The molecular weight excluding hydrogens is 164 g/mol. The van der Waals surface area contributed by atoms with Crippen molar-refractivity contribution in [3.8, 4) is 0 Å². The van der Waals surface area contributed by atoms with Gasteiger partial charge >= 0.3 is 0 Å². The average Bonchev–Trinajstić information content (AvgIpc) is 2.17. The van der Waals surface area contributed by atoms with Gasteiger partial charge in [0.15, 0.2) is 5.78 Å². The van der Waals surface area contributed by atoms with Crippen molar-refractivity contribution in [1.29, 1.82) is 0 Å². The van der Waals surface area contributed by atoms with Crippen LogP contribution in [0.2, 0.25) is 0 Å². The van der Waals surface area contributed by atoms with E-state index < -0.39 is 0 Å². The van der Waals surface area contributed by atoms with Crippen LogP contribution >= 0.6 is 0 Å². The number of carbonyl (C=O) groups is 1. The first-order valence-electron chi connectivity index (χ1n) is 5.40. The van der Waals surface area contributed by atoms with Crippen LogP contribution < -0.4 is 0 Å². The molecule has 0 saturated carbocycles. The third-order valence-corrected chi connectivity index (χ3v) is 2.05. The highest BCUT2D eigenvalue weighted by molar-refractivity contribution is 5.82. The van der Waals surface area contributed by atoms with E-state index in [2.05, 4.69) is 13.8 Å². The van der Waals surface area contributed by atoms with Gasteiger partial charge in [0.05, 0.1) is 0 Å². The first-order chi connectivity index (χ1) is 6.26. The summed E-state index contributed by atoms with van der Waals surface area (Å²) in [4.78, 5) is 11.4. The molecule has 0 aromatic rings. The fourth-order valence-corrected chi connectivity index (χ4v) is 1.21. The first kappa shape index (κ1) is 12.6. The monoisotopic (exact) mass is 186 g/mol. The molecule has 0 heterocycles. The lowest BCUT2D eigenvalue weighted by atomic mass is 10.1. The number of hydrogen-bond donors (Lipinski definition) is 0. The van der Waals surface area contributed by atoms with E-state index in [1.165, 1.54) is 0 Å². The van der Waals surface area contributed by atoms with Gasteiger partial charge < -0.3 is 4.74 Å². The molecule has 0 amide bonds. The summed E-state index contributed by atoms with van der Waals surface area (Å²) in [6.07, 6.45) is 4.55. The van der Waals surface area contributed by atoms with Crippen molar-refractivity contribution in [3.63, 3.8) is 0 Å². The smallest absolute Gasteiger partial charge is 0.161 e. The molecule has 0 aromatic heterocycles. The van der Waals surface area contributed by atoms with Crippen molar-refractivity contribution < 1.29 is 9.53 Å². The van der Waals surface area contributed by atoms with Gasteiger partial charge in [0.2, 0.25) is 0 Å². The van der Waals surface area contributed by atoms with E-state index in [-0.39, 0.29) is 11.9 Å². The van der Waals surface area contributed by atoms with E-state index >= 15 is 0 Å². The highest BCUT2D eigenvalue weighted by Gasteiger charge is 2.15. The summed E-state index contributed by atoms with van der Waals surface area (Å²) >= 11 is 0. The molecule has 0 aliphatic carbocycles. The summed E-state index contributed by atoms with van der Waals surface area (Å²) in [6.45, 7) is 6.80. The van der Waals surface area contributed by atoms with Crippen molar-refractivity contribution in [1.82, 2.24) is 0 Å². The van der Waals surface area contributed by atoms with Crippen LogP contribution in [-0.4, -0.2) is 18.5 Å². The minimum absolute atomic E-state index is 0.134. The van der Waals surface area contributed by atoms with E-state index in [0.717, 1.165) is 25.7 Å². The second-order valence-corrected chi connectivity index (χ2v) is 3.32. The Labute approximate surface area is 81.7 Å². The minimum Gasteiger partial charge on any atom is -0.370 e. The standard InChI is InChI=1S/C11H22O2/c1-4-7-8-11(10(12)6-3)13-9-5-2/h11H,4-9H2,1-3H3. The highest BCUT2D eigenvalue weighted by atomic mass is 16.5. The van der Waals surface area contributed by atoms with E-state index in [0.29, 0.717) is 13.0 Å². The van der Waals surface area contributed by atoms with Crippen LogP contribution in [0.5, 0.6) is 0 Å². The average molecular weight is 186 g/mol. The SMILES string of the molecule is CCCCC(OCCC)C(=O)CC. The Balaban J connectivity index is 3.79. The maximum Gasteiger partial charge on any atom is 0.161 e. The van der Waals surface area contributed by atoms with Gasteiger partial charge in [-0.2, -0.15) is 0 Å². The molecule has 1 atom stereocenters. The highest BCUT2D eigenvalue weighted by Crippen LogP contribution is 2.08. The summed E-state index contributed by atoms with van der Waals surface area (Å²) in [5.41, 5.74) is 0. The van der Waals surface area contributed by atoms with Crippen molar-refractivity contribution >= 4 is 5.78 Å². The molecule has 13 heavy (non-hydrogen) atoms. The topological polar surface area (TPSA) is 26.3 Å². The van der Waals surface area contributed by atoms with Crippen molar-refractivity contribution in [3.05, 3.63) is 0 Å². The Kier molecular flexibility index (Phi) is 8.00. The molecule has 1 unspecified atom stereocenters. The van der Waals surface area contributed by atoms with Gasteiger partial charge in [0, 0.05) is 13.0 Å². The lowest BCUT2D eigenvalue weighted by molar-refractivity contribution is -0.130. The molecular formula is C11H22O2. The maximum absolute atomic E-state index is 11.4. The maximum atomic E-state index is 11.4. The van der Waals surface area contributed by atoms with Crippen LogP contribution in [-0.2, 0) is 9.53 Å². The molecule has 0 N–H and O–H groups in total. The van der Waals surface area contributed by atoms with Gasteiger partial charge in [-0.3, -0.25) is 4.79 Å². The number of unbranched alkanes of at least 4 members (excludes halogenated alkanes) is 1. The molecule has 2 heteroatoms. The molecule has 2 nitrogen and oxygen atoms in total. The lowest BCUT2D eigenvalue weighted by Gasteiger charge is -2.14. The second-order valence-electron chi connectivity index (χ2n) is 3.32. The zero-order chi connectivity index (χ0) is 10.1. The fraction of sp³-hybridized carbons (Fsp3) is 0.909. The Bertz CT molecular complexity index is 124. The molecule has 0 aliphatic heterocycles. The predicted molar refractivity (Wildman–Crippen MR) is 54.9 cm³/mol. The molecule has 0 aliphatic rings. The van der Waals surface area contributed by atoms with E-state index in [9.17, 15) is 4.79 Å². The summed E-state index contributed by atoms with van der Waals surface area (Å²) in [5.74, 6) is 0.252. The molecule has 0 aromatic carbocycles. The molecule has 0 spiro atoms. The second kappa shape index (κ2) is 8.24. The Morgan fingerprint density at radius 3 is 2.38 bits per heavy atom. The summed E-state index contributed by atoms with van der Waals surface area (Å²) in [6, 6.07) is 0. The van der Waals surface area contributed by atoms with E-state index in [4.69, 9.17) is 4.74 Å². The Morgan fingerprint density at radius 1 is 1.23 bits per heavy atom. The lowest BCUT2D eigenvalue weighted by Crippen LogP contribution is -2.24. The number of Topliss-reactive ketones (excluding diaryl/α,β-unsaturated/α-hetero) is 1. The van der Waals surface area contributed by atoms with Gasteiger partial charge in [-0.05, 0) is 12.8 Å². The molecule has 0 bridgehead atoms. The molecule has 0 radical (unpaired) electrons. The summed E-state index contributed by atoms with van der Waals surface area (Å²) in [5, 5.41) is 0. The molecule has 0 saturated heterocycles. The Morgan fingerprint density at radius 2 is 1.92 bits per heavy atom. The van der Waals surface area contributed by atoms with E-state index in [1.807, 2.05) is 6.92 Å². The molecule has 0 fully saturated rings. The third kappa shape index (κ3) is 5.81. The van der Waals surface area contributed by atoms with Crippen molar-refractivity contribution in [2.45, 2.75) is 59.0 Å². The first-order valence-corrected chi connectivity index (χ1v) is 5.40. The quantitative estimate of drug-likeness (QED) is 0.582. The van der Waals surface area contributed by atoms with Gasteiger partial charge in [0.1, 0.15) is 6.10 Å². The summed E-state index contributed by atoms with van der Waals surface area (Å²) < 4.78 is 5.50. The largest absolute Gasteiger partial charge is 0.370 e. The Hall–Kier alpha value is -0.370. The number of ether oxygens (including phenoxy) is 1. The zero-order valence-corrected chi connectivity index (χ0v) is 9.14. The third-order valence-electron chi connectivity index (χ3n) is 2.05. The summed E-state index contributed by atoms with van der Waals surface area (Å²) in [7, 11) is 0. The van der Waals surface area contributed by atoms with Gasteiger partial charge in [-0.25, -0.2) is 0 Å². The van der Waals surface area contributed by atoms with E-state index in [1.54, 1.807) is 0 Å². The molecule has 78 valence electrons. The van der Waals surface area contributed by atoms with Gasteiger partial charge in [-0.15, -0.1) is 0 Å². The normalized spacial score (nSPS) is 12.8. The van der Waals surface area contributed by atoms with Crippen molar-refractivity contribution in [2.24, 2.45) is 0 Å². The minimum atomic E-state index is -0.134. The van der Waals surface area contributed by atoms with Crippen LogP contribution in [0.4, 0.5) is 0 Å². The predicted octanol–water partition coefficient (Wildman–Crippen LogP) is 2.95. The van der Waals surface area contributed by atoms with Crippen LogP contribution in [0.25, 0.3) is 0 Å². The molecule has 0 rings (SSSR count). The number of carbonyl (C=O) groups excluding carboxylic acids is 1. The van der Waals surface area contributed by atoms with Crippen LogP contribution in [0, 0.1) is 0 Å². The van der Waals surface area contributed by atoms with Crippen LogP contribution in [0.15, 0.2) is 0 Å².